The Bertz CT molecular complexity index is 1360. The van der Waals surface area contributed by atoms with Crippen molar-refractivity contribution in [2.24, 2.45) is 0 Å². The van der Waals surface area contributed by atoms with Crippen molar-refractivity contribution in [3.63, 3.8) is 0 Å². The van der Waals surface area contributed by atoms with Crippen molar-refractivity contribution in [1.29, 1.82) is 0 Å². The highest BCUT2D eigenvalue weighted by molar-refractivity contribution is 6.11. The minimum atomic E-state index is -0.144. The summed E-state index contributed by atoms with van der Waals surface area (Å²) in [5, 5.41) is 4.93. The number of carbonyl (C=O) groups excluding carboxylic acids is 1. The molecule has 0 saturated carbocycles. The lowest BCUT2D eigenvalue weighted by Gasteiger charge is -2.06. The average Bonchev–Trinajstić information content (AvgIpc) is 3.17. The zero-order valence-electron chi connectivity index (χ0n) is 16.2. The molecule has 3 nitrogen and oxygen atoms in total. The number of benzene rings is 4. The summed E-state index contributed by atoms with van der Waals surface area (Å²) in [5.74, 6) is -0.144. The molecule has 0 unspecified atom stereocenters. The molecule has 0 radical (unpaired) electrons. The first kappa shape index (κ1) is 18.0. The Morgan fingerprint density at radius 3 is 2.13 bits per heavy atom. The second kappa shape index (κ2) is 7.72. The average molecular weight is 389 g/mol. The lowest BCUT2D eigenvalue weighted by Crippen LogP contribution is -2.11. The molecule has 1 N–H and O–H groups in total. The van der Waals surface area contributed by atoms with Gasteiger partial charge in [0.25, 0.3) is 5.91 Å². The number of hydrogen-bond acceptors (Lipinski definition) is 2. The van der Waals surface area contributed by atoms with Gasteiger partial charge in [-0.2, -0.15) is 0 Å². The maximum Gasteiger partial charge on any atom is 0.255 e. The molecule has 144 valence electrons. The van der Waals surface area contributed by atoms with Gasteiger partial charge < -0.3 is 9.73 Å². The summed E-state index contributed by atoms with van der Waals surface area (Å²) in [6, 6.07) is 31.3. The van der Waals surface area contributed by atoms with Gasteiger partial charge in [0.05, 0.1) is 0 Å². The Morgan fingerprint density at radius 2 is 1.33 bits per heavy atom. The molecule has 1 aromatic heterocycles. The van der Waals surface area contributed by atoms with E-state index in [1.165, 1.54) is 0 Å². The largest absolute Gasteiger partial charge is 0.456 e. The number of amides is 1. The number of fused-ring (bicyclic) bond motifs is 3. The van der Waals surface area contributed by atoms with Gasteiger partial charge in [0.2, 0.25) is 0 Å². The number of nitrogens with one attached hydrogen (secondary N) is 1. The molecule has 5 aromatic rings. The highest BCUT2D eigenvalue weighted by Gasteiger charge is 2.11. The van der Waals surface area contributed by atoms with Crippen LogP contribution in [-0.4, -0.2) is 5.91 Å². The van der Waals surface area contributed by atoms with E-state index in [0.717, 1.165) is 38.8 Å². The lowest BCUT2D eigenvalue weighted by molar-refractivity contribution is 0.102. The summed E-state index contributed by atoms with van der Waals surface area (Å²) < 4.78 is 5.84. The summed E-state index contributed by atoms with van der Waals surface area (Å²) in [6.07, 6.45) is 4.12. The van der Waals surface area contributed by atoms with Gasteiger partial charge in [-0.1, -0.05) is 72.8 Å². The van der Waals surface area contributed by atoms with E-state index in [-0.39, 0.29) is 5.91 Å². The predicted octanol–water partition coefficient (Wildman–Crippen LogP) is 7.01. The van der Waals surface area contributed by atoms with Crippen LogP contribution in [-0.2, 0) is 0 Å². The van der Waals surface area contributed by atoms with E-state index in [1.807, 2.05) is 78.9 Å². The summed E-state index contributed by atoms with van der Waals surface area (Å²) >= 11 is 0. The predicted molar refractivity (Wildman–Crippen MR) is 123 cm³/mol. The lowest BCUT2D eigenvalue weighted by atomic mass is 10.1. The van der Waals surface area contributed by atoms with Crippen LogP contribution in [0, 0.1) is 0 Å². The van der Waals surface area contributed by atoms with E-state index in [0.29, 0.717) is 5.56 Å². The Kier molecular flexibility index (Phi) is 4.62. The molecule has 3 heteroatoms. The minimum absolute atomic E-state index is 0.144. The van der Waals surface area contributed by atoms with Crippen molar-refractivity contribution in [2.75, 3.05) is 5.32 Å². The molecule has 0 aliphatic rings. The van der Waals surface area contributed by atoms with Crippen LogP contribution in [0.5, 0.6) is 0 Å². The summed E-state index contributed by atoms with van der Waals surface area (Å²) in [6.45, 7) is 0. The minimum Gasteiger partial charge on any atom is -0.456 e. The maximum absolute atomic E-state index is 12.8. The van der Waals surface area contributed by atoms with Crippen LogP contribution in [0.15, 0.2) is 101 Å². The van der Waals surface area contributed by atoms with Gasteiger partial charge in [0.1, 0.15) is 11.2 Å². The van der Waals surface area contributed by atoms with E-state index in [4.69, 9.17) is 4.42 Å². The molecule has 0 fully saturated rings. The number of anilines is 1. The molecule has 5 rings (SSSR count). The molecule has 0 atom stereocenters. The number of carbonyl (C=O) groups is 1. The van der Waals surface area contributed by atoms with Crippen LogP contribution in [0.3, 0.4) is 0 Å². The van der Waals surface area contributed by atoms with Gasteiger partial charge in [-0.05, 0) is 47.5 Å². The maximum atomic E-state index is 12.8. The van der Waals surface area contributed by atoms with Crippen molar-refractivity contribution >= 4 is 45.7 Å². The third-order valence-corrected chi connectivity index (χ3v) is 5.08. The molecule has 1 heterocycles. The molecular weight excluding hydrogens is 370 g/mol. The third-order valence-electron chi connectivity index (χ3n) is 5.08. The van der Waals surface area contributed by atoms with Gasteiger partial charge in [-0.15, -0.1) is 0 Å². The molecule has 1 amide bonds. The zero-order chi connectivity index (χ0) is 20.3. The Labute approximate surface area is 174 Å². The second-order valence-corrected chi connectivity index (χ2v) is 7.13. The summed E-state index contributed by atoms with van der Waals surface area (Å²) in [7, 11) is 0. The van der Waals surface area contributed by atoms with Gasteiger partial charge in [0, 0.05) is 22.0 Å². The van der Waals surface area contributed by atoms with E-state index < -0.39 is 0 Å². The molecule has 0 spiro atoms. The fourth-order valence-corrected chi connectivity index (χ4v) is 3.50. The third kappa shape index (κ3) is 3.61. The van der Waals surface area contributed by atoms with Crippen molar-refractivity contribution in [2.45, 2.75) is 0 Å². The number of furan rings is 1. The van der Waals surface area contributed by atoms with Crippen LogP contribution in [0.1, 0.15) is 21.5 Å². The van der Waals surface area contributed by atoms with Crippen molar-refractivity contribution < 1.29 is 9.21 Å². The zero-order valence-corrected chi connectivity index (χ0v) is 16.2. The molecule has 4 aromatic carbocycles. The van der Waals surface area contributed by atoms with E-state index in [2.05, 4.69) is 29.6 Å². The number of para-hydroxylation sites is 1. The standard InChI is InChI=1S/C27H19NO2/c29-27(21-14-17-26-24(18-21)23-8-4-5-9-25(23)30-26)28-22-15-12-20(13-16-22)11-10-19-6-2-1-3-7-19/h1-18H,(H,28,29)/b11-10+. The molecular formula is C27H19NO2. The highest BCUT2D eigenvalue weighted by Crippen LogP contribution is 2.29. The summed E-state index contributed by atoms with van der Waals surface area (Å²) in [4.78, 5) is 12.8. The first-order chi connectivity index (χ1) is 14.8. The van der Waals surface area contributed by atoms with Crippen LogP contribution < -0.4 is 5.32 Å². The highest BCUT2D eigenvalue weighted by atomic mass is 16.3. The Balaban J connectivity index is 1.33. The topological polar surface area (TPSA) is 42.2 Å². The van der Waals surface area contributed by atoms with Crippen LogP contribution >= 0.6 is 0 Å². The first-order valence-corrected chi connectivity index (χ1v) is 9.82. The molecule has 0 bridgehead atoms. The van der Waals surface area contributed by atoms with Gasteiger partial charge >= 0.3 is 0 Å². The fraction of sp³-hybridized carbons (Fsp3) is 0. The quantitative estimate of drug-likeness (QED) is 0.336. The van der Waals surface area contributed by atoms with Crippen molar-refractivity contribution in [1.82, 2.24) is 0 Å². The Morgan fingerprint density at radius 1 is 0.667 bits per heavy atom. The molecule has 30 heavy (non-hydrogen) atoms. The van der Waals surface area contributed by atoms with Crippen molar-refractivity contribution in [3.8, 4) is 0 Å². The van der Waals surface area contributed by atoms with Crippen LogP contribution in [0.4, 0.5) is 5.69 Å². The molecule has 0 aliphatic heterocycles. The molecule has 0 aliphatic carbocycles. The monoisotopic (exact) mass is 389 g/mol. The van der Waals surface area contributed by atoms with E-state index in [1.54, 1.807) is 6.07 Å². The molecule has 0 saturated heterocycles. The van der Waals surface area contributed by atoms with Crippen molar-refractivity contribution in [3.05, 3.63) is 114 Å². The number of hydrogen-bond donors (Lipinski definition) is 1. The summed E-state index contributed by atoms with van der Waals surface area (Å²) in [5.41, 5.74) is 5.18. The van der Waals surface area contributed by atoms with Gasteiger partial charge in [0.15, 0.2) is 0 Å². The van der Waals surface area contributed by atoms with Gasteiger partial charge in [-0.3, -0.25) is 4.79 Å². The second-order valence-electron chi connectivity index (χ2n) is 7.13. The SMILES string of the molecule is O=C(Nc1ccc(/C=C/c2ccccc2)cc1)c1ccc2oc3ccccc3c2c1. The van der Waals surface area contributed by atoms with Crippen LogP contribution in [0.25, 0.3) is 34.1 Å². The number of rotatable bonds is 4. The normalized spacial score (nSPS) is 11.3. The first-order valence-electron chi connectivity index (χ1n) is 9.82. The van der Waals surface area contributed by atoms with E-state index >= 15 is 0 Å². The fourth-order valence-electron chi connectivity index (χ4n) is 3.50. The van der Waals surface area contributed by atoms with E-state index in [9.17, 15) is 4.79 Å². The smallest absolute Gasteiger partial charge is 0.255 e. The van der Waals surface area contributed by atoms with Gasteiger partial charge in [-0.25, -0.2) is 0 Å². The van der Waals surface area contributed by atoms with Crippen LogP contribution in [0.2, 0.25) is 0 Å². The Hall–Kier alpha value is -4.11.